The van der Waals surface area contributed by atoms with Gasteiger partial charge >= 0.3 is 12.4 Å². The maximum absolute atomic E-state index is 13.5. The Labute approximate surface area is 202 Å². The second-order valence-electron chi connectivity index (χ2n) is 10.7. The highest BCUT2D eigenvalue weighted by molar-refractivity contribution is 6.74. The molecular weight excluding hydrogens is 488 g/mol. The fourth-order valence-electron chi connectivity index (χ4n) is 3.43. The number of alkyl halides is 6. The monoisotopic (exact) mass is 517 g/mol. The zero-order chi connectivity index (χ0) is 26.6. The zero-order valence-corrected chi connectivity index (χ0v) is 21.5. The van der Waals surface area contributed by atoms with E-state index in [1.165, 1.54) is 18.2 Å². The van der Waals surface area contributed by atoms with Gasteiger partial charge < -0.3 is 9.16 Å². The average Bonchev–Trinajstić information content (AvgIpc) is 3.06. The summed E-state index contributed by atoms with van der Waals surface area (Å²) < 4.78 is 91.9. The number of rotatable bonds is 5. The molecule has 2 heterocycles. The Balaban J connectivity index is 2.12. The highest BCUT2D eigenvalue weighted by Crippen LogP contribution is 2.48. The first-order valence-electron chi connectivity index (χ1n) is 11.0. The van der Waals surface area contributed by atoms with Gasteiger partial charge in [-0.1, -0.05) is 39.5 Å². The van der Waals surface area contributed by atoms with Crippen molar-refractivity contribution in [2.24, 2.45) is 0 Å². The number of aromatic nitrogens is 1. The SMILES string of the molecule is C=C(c1cc2c(c(-c3ccc(C(F)(F)F)cc3)n1)OCC2(C)CO[Si](C)(C)C(C)(C)C)C(F)(F)F. The maximum Gasteiger partial charge on any atom is 0.417 e. The number of hydrogen-bond acceptors (Lipinski definition) is 3. The van der Waals surface area contributed by atoms with E-state index in [-0.39, 0.29) is 35.3 Å². The molecule has 0 fully saturated rings. The summed E-state index contributed by atoms with van der Waals surface area (Å²) in [6.45, 7) is 15.7. The van der Waals surface area contributed by atoms with E-state index in [0.29, 0.717) is 5.56 Å². The van der Waals surface area contributed by atoms with E-state index in [2.05, 4.69) is 45.4 Å². The lowest BCUT2D eigenvalue weighted by molar-refractivity contribution is -0.137. The number of halogens is 6. The second-order valence-corrected chi connectivity index (χ2v) is 15.5. The largest absolute Gasteiger partial charge is 0.490 e. The number of nitrogens with zero attached hydrogens (tertiary/aromatic N) is 1. The first kappa shape index (κ1) is 27.3. The summed E-state index contributed by atoms with van der Waals surface area (Å²) in [4.78, 5) is 4.13. The molecule has 0 bridgehead atoms. The molecule has 1 unspecified atom stereocenters. The molecular formula is C25H29F6NO2Si. The summed E-state index contributed by atoms with van der Waals surface area (Å²) in [5.74, 6) is 0.241. The average molecular weight is 518 g/mol. The van der Waals surface area contributed by atoms with Crippen molar-refractivity contribution >= 4 is 13.9 Å². The number of pyridine rings is 1. The van der Waals surface area contributed by atoms with Gasteiger partial charge in [0.1, 0.15) is 18.1 Å². The summed E-state index contributed by atoms with van der Waals surface area (Å²) in [7, 11) is -2.18. The Morgan fingerprint density at radius 1 is 1.09 bits per heavy atom. The van der Waals surface area contributed by atoms with Crippen LogP contribution in [0.2, 0.25) is 18.1 Å². The molecule has 0 saturated carbocycles. The number of benzene rings is 1. The standard InChI is InChI=1S/C25H29F6NO2Si/c1-15(24(26,27)28)19-12-18-21(20(32-19)16-8-10-17(11-9-16)25(29,30)31)33-13-23(18,5)14-34-35(6,7)22(2,3)4/h8-12H,1,13-14H2,2-7H3. The van der Waals surface area contributed by atoms with Gasteiger partial charge in [-0.15, -0.1) is 0 Å². The lowest BCUT2D eigenvalue weighted by Gasteiger charge is -2.38. The Bertz CT molecular complexity index is 1120. The van der Waals surface area contributed by atoms with Crippen LogP contribution in [0.1, 0.15) is 44.5 Å². The minimum absolute atomic E-state index is 0.0349. The van der Waals surface area contributed by atoms with E-state index in [1.54, 1.807) is 0 Å². The first-order chi connectivity index (χ1) is 15.8. The molecule has 1 aliphatic heterocycles. The molecule has 0 radical (unpaired) electrons. The molecule has 1 aromatic carbocycles. The van der Waals surface area contributed by atoms with Crippen LogP contribution in [0.4, 0.5) is 26.3 Å². The minimum atomic E-state index is -4.73. The molecule has 0 N–H and O–H groups in total. The first-order valence-corrected chi connectivity index (χ1v) is 13.9. The van der Waals surface area contributed by atoms with Gasteiger partial charge in [-0.05, 0) is 43.3 Å². The lowest BCUT2D eigenvalue weighted by atomic mass is 9.84. The van der Waals surface area contributed by atoms with Gasteiger partial charge in [0.05, 0.1) is 22.2 Å². The Morgan fingerprint density at radius 2 is 1.66 bits per heavy atom. The van der Waals surface area contributed by atoms with E-state index >= 15 is 0 Å². The molecule has 2 aromatic rings. The van der Waals surface area contributed by atoms with E-state index in [1.807, 2.05) is 6.92 Å². The summed E-state index contributed by atoms with van der Waals surface area (Å²) in [6.07, 6.45) is -9.28. The summed E-state index contributed by atoms with van der Waals surface area (Å²) >= 11 is 0. The normalized spacial score (nSPS) is 18.9. The topological polar surface area (TPSA) is 31.4 Å². The summed E-state index contributed by atoms with van der Waals surface area (Å²) in [6, 6.07) is 5.39. The molecule has 1 atom stereocenters. The molecule has 0 saturated heterocycles. The van der Waals surface area contributed by atoms with Gasteiger partial charge in [0.2, 0.25) is 0 Å². The van der Waals surface area contributed by atoms with E-state index in [9.17, 15) is 26.3 Å². The lowest BCUT2D eigenvalue weighted by Crippen LogP contribution is -2.45. The van der Waals surface area contributed by atoms with Crippen LogP contribution in [0.25, 0.3) is 16.8 Å². The van der Waals surface area contributed by atoms with Gasteiger partial charge in [0, 0.05) is 17.7 Å². The van der Waals surface area contributed by atoms with Crippen molar-refractivity contribution in [3.8, 4) is 17.0 Å². The van der Waals surface area contributed by atoms with Crippen molar-refractivity contribution in [1.82, 2.24) is 4.98 Å². The van der Waals surface area contributed by atoms with Crippen LogP contribution < -0.4 is 4.74 Å². The van der Waals surface area contributed by atoms with E-state index in [4.69, 9.17) is 9.16 Å². The number of fused-ring (bicyclic) bond motifs is 1. The fraction of sp³-hybridized carbons (Fsp3) is 0.480. The van der Waals surface area contributed by atoms with E-state index in [0.717, 1.165) is 12.1 Å². The second kappa shape index (κ2) is 8.65. The van der Waals surface area contributed by atoms with Gasteiger partial charge in [-0.2, -0.15) is 26.3 Å². The maximum atomic E-state index is 13.5. The minimum Gasteiger partial charge on any atom is -0.490 e. The zero-order valence-electron chi connectivity index (χ0n) is 20.5. The third-order valence-corrected chi connectivity index (χ3v) is 11.3. The number of hydrogen-bond donors (Lipinski definition) is 0. The van der Waals surface area contributed by atoms with Crippen LogP contribution in [0.3, 0.4) is 0 Å². The molecule has 192 valence electrons. The van der Waals surface area contributed by atoms with E-state index < -0.39 is 42.9 Å². The van der Waals surface area contributed by atoms with Crippen LogP contribution in [-0.4, -0.2) is 32.7 Å². The molecule has 1 aromatic heterocycles. The van der Waals surface area contributed by atoms with Crippen LogP contribution in [-0.2, 0) is 16.0 Å². The molecule has 35 heavy (non-hydrogen) atoms. The van der Waals surface area contributed by atoms with Crippen LogP contribution in [0.15, 0.2) is 36.9 Å². The van der Waals surface area contributed by atoms with Crippen molar-refractivity contribution in [2.75, 3.05) is 13.2 Å². The molecule has 3 nitrogen and oxygen atoms in total. The smallest absolute Gasteiger partial charge is 0.417 e. The third-order valence-electron chi connectivity index (χ3n) is 6.85. The van der Waals surface area contributed by atoms with Gasteiger partial charge in [0.25, 0.3) is 0 Å². The van der Waals surface area contributed by atoms with Crippen molar-refractivity contribution < 1.29 is 35.5 Å². The van der Waals surface area contributed by atoms with Gasteiger partial charge in [-0.25, -0.2) is 4.98 Å². The van der Waals surface area contributed by atoms with Crippen molar-refractivity contribution in [2.45, 2.75) is 63.6 Å². The Morgan fingerprint density at radius 3 is 2.14 bits per heavy atom. The van der Waals surface area contributed by atoms with Crippen molar-refractivity contribution in [3.63, 3.8) is 0 Å². The molecule has 1 aliphatic rings. The fourth-order valence-corrected chi connectivity index (χ4v) is 4.54. The molecule has 3 rings (SSSR count). The summed E-state index contributed by atoms with van der Waals surface area (Å²) in [5.41, 5.74) is -2.50. The summed E-state index contributed by atoms with van der Waals surface area (Å²) in [5, 5.41) is -0.0784. The predicted molar refractivity (Wildman–Crippen MR) is 126 cm³/mol. The molecule has 0 amide bonds. The van der Waals surface area contributed by atoms with Gasteiger partial charge in [0.15, 0.2) is 8.32 Å². The highest BCUT2D eigenvalue weighted by atomic mass is 28.4. The van der Waals surface area contributed by atoms with Crippen LogP contribution >= 0.6 is 0 Å². The predicted octanol–water partition coefficient (Wildman–Crippen LogP) is 8.01. The van der Waals surface area contributed by atoms with Crippen LogP contribution in [0, 0.1) is 0 Å². The molecule has 0 aliphatic carbocycles. The van der Waals surface area contributed by atoms with Crippen molar-refractivity contribution in [3.05, 3.63) is 53.7 Å². The number of ether oxygens (including phenoxy) is 1. The Kier molecular flexibility index (Phi) is 6.74. The quantitative estimate of drug-likeness (QED) is 0.297. The van der Waals surface area contributed by atoms with Crippen LogP contribution in [0.5, 0.6) is 5.75 Å². The Hall–Kier alpha value is -2.33. The van der Waals surface area contributed by atoms with Crippen molar-refractivity contribution in [1.29, 1.82) is 0 Å². The van der Waals surface area contributed by atoms with Gasteiger partial charge in [-0.3, -0.25) is 0 Å². The molecule has 10 heteroatoms. The third kappa shape index (κ3) is 5.43. The number of allylic oxidation sites excluding steroid dienone is 1. The highest BCUT2D eigenvalue weighted by Gasteiger charge is 2.45. The molecule has 0 spiro atoms.